The topological polar surface area (TPSA) is 73.9 Å². The zero-order valence-corrected chi connectivity index (χ0v) is 11.5. The van der Waals surface area contributed by atoms with Gasteiger partial charge in [-0.05, 0) is 12.5 Å². The Morgan fingerprint density at radius 2 is 2.22 bits per heavy atom. The molecular weight excluding hydrogens is 272 g/mol. The summed E-state index contributed by atoms with van der Waals surface area (Å²) in [6.07, 6.45) is 2.06. The Bertz CT molecular complexity index is 532. The van der Waals surface area contributed by atoms with E-state index >= 15 is 0 Å². The number of hydrogen-bond acceptors (Lipinski definition) is 6. The van der Waals surface area contributed by atoms with Gasteiger partial charge in [0.1, 0.15) is 5.69 Å². The van der Waals surface area contributed by atoms with Gasteiger partial charge in [-0.3, -0.25) is 0 Å². The third kappa shape index (κ3) is 3.08. The van der Waals surface area contributed by atoms with Crippen molar-refractivity contribution in [2.45, 2.75) is 19.8 Å². The molecule has 0 aliphatic heterocycles. The molecule has 7 heteroatoms. The molecule has 0 atom stereocenters. The van der Waals surface area contributed by atoms with Gasteiger partial charge >= 0.3 is 0 Å². The van der Waals surface area contributed by atoms with Crippen LogP contribution in [0.25, 0.3) is 11.5 Å². The maximum absolute atomic E-state index is 6.07. The third-order valence-corrected chi connectivity index (χ3v) is 3.07. The molecule has 0 saturated heterocycles. The maximum Gasteiger partial charge on any atom is 0.213 e. The van der Waals surface area contributed by atoms with Crippen molar-refractivity contribution in [3.8, 4) is 17.4 Å². The number of unbranched alkanes of at least 4 members (excludes halogenated alkanes) is 1. The van der Waals surface area contributed by atoms with Crippen molar-refractivity contribution in [1.29, 1.82) is 0 Å². The van der Waals surface area contributed by atoms with Gasteiger partial charge in [-0.2, -0.15) is 9.36 Å². The predicted molar refractivity (Wildman–Crippen MR) is 73.0 cm³/mol. The molecule has 2 aromatic rings. The van der Waals surface area contributed by atoms with Crippen LogP contribution in [-0.4, -0.2) is 20.9 Å². The van der Waals surface area contributed by atoms with Crippen LogP contribution < -0.4 is 10.5 Å². The lowest BCUT2D eigenvalue weighted by Crippen LogP contribution is -1.99. The van der Waals surface area contributed by atoms with Crippen LogP contribution >= 0.6 is 23.1 Å². The average Bonchev–Trinajstić information content (AvgIpc) is 2.78. The summed E-state index contributed by atoms with van der Waals surface area (Å²) in [4.78, 5) is 8.36. The molecular formula is C11H13ClN4OS. The van der Waals surface area contributed by atoms with Crippen molar-refractivity contribution in [2.24, 2.45) is 0 Å². The Kier molecular flexibility index (Phi) is 4.33. The van der Waals surface area contributed by atoms with Gasteiger partial charge < -0.3 is 10.5 Å². The number of aromatic nitrogens is 3. The van der Waals surface area contributed by atoms with E-state index in [1.54, 1.807) is 12.1 Å². The first kappa shape index (κ1) is 13.0. The normalized spacial score (nSPS) is 10.6. The van der Waals surface area contributed by atoms with E-state index in [2.05, 4.69) is 21.3 Å². The molecule has 0 unspecified atom stereocenters. The lowest BCUT2D eigenvalue weighted by Gasteiger charge is -2.06. The monoisotopic (exact) mass is 284 g/mol. The minimum Gasteiger partial charge on any atom is -0.478 e. The van der Waals surface area contributed by atoms with Crippen LogP contribution in [0.5, 0.6) is 5.88 Å². The highest BCUT2D eigenvalue weighted by Crippen LogP contribution is 2.27. The summed E-state index contributed by atoms with van der Waals surface area (Å²) in [5.41, 5.74) is 6.04. The molecule has 0 fully saturated rings. The summed E-state index contributed by atoms with van der Waals surface area (Å²) in [5, 5.41) is 0.871. The summed E-state index contributed by atoms with van der Waals surface area (Å²) < 4.78 is 9.60. The SMILES string of the molecule is CCCCOc1ccc(Cl)c(-c2nsc(N)n2)n1. The number of halogens is 1. The molecule has 2 heterocycles. The first-order valence-electron chi connectivity index (χ1n) is 5.59. The summed E-state index contributed by atoms with van der Waals surface area (Å²) >= 11 is 7.18. The van der Waals surface area contributed by atoms with Crippen molar-refractivity contribution < 1.29 is 4.74 Å². The van der Waals surface area contributed by atoms with Crippen LogP contribution in [0.1, 0.15) is 19.8 Å². The number of rotatable bonds is 5. The Morgan fingerprint density at radius 3 is 2.89 bits per heavy atom. The van der Waals surface area contributed by atoms with Gasteiger partial charge in [0.2, 0.25) is 5.88 Å². The van der Waals surface area contributed by atoms with Gasteiger partial charge in [0.15, 0.2) is 11.0 Å². The molecule has 2 rings (SSSR count). The fraction of sp³-hybridized carbons (Fsp3) is 0.364. The van der Waals surface area contributed by atoms with E-state index in [1.165, 1.54) is 0 Å². The van der Waals surface area contributed by atoms with Gasteiger partial charge in [0.05, 0.1) is 11.6 Å². The minimum atomic E-state index is 0.389. The molecule has 18 heavy (non-hydrogen) atoms. The molecule has 96 valence electrons. The van der Waals surface area contributed by atoms with Crippen LogP contribution in [0, 0.1) is 0 Å². The molecule has 0 amide bonds. The molecule has 0 saturated carbocycles. The molecule has 0 aliphatic rings. The second kappa shape index (κ2) is 5.97. The average molecular weight is 285 g/mol. The summed E-state index contributed by atoms with van der Waals surface area (Å²) in [6, 6.07) is 3.46. The number of nitrogens with two attached hydrogens (primary N) is 1. The van der Waals surface area contributed by atoms with E-state index in [-0.39, 0.29) is 0 Å². The lowest BCUT2D eigenvalue weighted by atomic mass is 10.3. The number of nitrogens with zero attached hydrogens (tertiary/aromatic N) is 3. The second-order valence-corrected chi connectivity index (χ2v) is 4.83. The standard InChI is InChI=1S/C11H13ClN4OS/c1-2-3-6-17-8-5-4-7(12)9(14-8)10-15-11(13)18-16-10/h4-5H,2-3,6H2,1H3,(H2,13,15,16). The van der Waals surface area contributed by atoms with Crippen molar-refractivity contribution in [1.82, 2.24) is 14.3 Å². The number of hydrogen-bond donors (Lipinski definition) is 1. The fourth-order valence-corrected chi connectivity index (χ4v) is 1.94. The van der Waals surface area contributed by atoms with Crippen molar-refractivity contribution in [3.05, 3.63) is 17.2 Å². The largest absolute Gasteiger partial charge is 0.478 e. The highest BCUT2D eigenvalue weighted by atomic mass is 35.5. The van der Waals surface area contributed by atoms with Gasteiger partial charge in [-0.25, -0.2) is 4.98 Å². The Labute approximate surface area is 114 Å². The van der Waals surface area contributed by atoms with Crippen LogP contribution in [0.2, 0.25) is 5.02 Å². The van der Waals surface area contributed by atoms with E-state index in [0.29, 0.717) is 34.2 Å². The van der Waals surface area contributed by atoms with Crippen molar-refractivity contribution >= 4 is 28.3 Å². The van der Waals surface area contributed by atoms with Gasteiger partial charge in [0.25, 0.3) is 0 Å². The van der Waals surface area contributed by atoms with Crippen molar-refractivity contribution in [3.63, 3.8) is 0 Å². The number of ether oxygens (including phenoxy) is 1. The summed E-state index contributed by atoms with van der Waals surface area (Å²) in [7, 11) is 0. The minimum absolute atomic E-state index is 0.389. The quantitative estimate of drug-likeness (QED) is 0.854. The molecule has 0 bridgehead atoms. The Morgan fingerprint density at radius 1 is 1.39 bits per heavy atom. The highest BCUT2D eigenvalue weighted by Gasteiger charge is 2.12. The van der Waals surface area contributed by atoms with Crippen LogP contribution in [0.3, 0.4) is 0 Å². The smallest absolute Gasteiger partial charge is 0.213 e. The zero-order valence-electron chi connectivity index (χ0n) is 9.89. The fourth-order valence-electron chi connectivity index (χ4n) is 1.31. The van der Waals surface area contributed by atoms with Gasteiger partial charge in [0, 0.05) is 17.6 Å². The second-order valence-electron chi connectivity index (χ2n) is 3.64. The van der Waals surface area contributed by atoms with Crippen LogP contribution in [-0.2, 0) is 0 Å². The molecule has 5 nitrogen and oxygen atoms in total. The zero-order chi connectivity index (χ0) is 13.0. The number of nitrogen functional groups attached to an aromatic ring is 1. The maximum atomic E-state index is 6.07. The molecule has 0 aliphatic carbocycles. The number of anilines is 1. The first-order chi connectivity index (χ1) is 8.70. The summed E-state index contributed by atoms with van der Waals surface area (Å²) in [5.74, 6) is 0.958. The predicted octanol–water partition coefficient (Wildman–Crippen LogP) is 3.01. The highest BCUT2D eigenvalue weighted by molar-refractivity contribution is 7.09. The molecule has 2 aromatic heterocycles. The van der Waals surface area contributed by atoms with Crippen molar-refractivity contribution in [2.75, 3.05) is 12.3 Å². The lowest BCUT2D eigenvalue weighted by molar-refractivity contribution is 0.298. The van der Waals surface area contributed by atoms with E-state index in [9.17, 15) is 0 Å². The van der Waals surface area contributed by atoms with Crippen LogP contribution in [0.15, 0.2) is 12.1 Å². The summed E-state index contributed by atoms with van der Waals surface area (Å²) in [6.45, 7) is 2.74. The van der Waals surface area contributed by atoms with Crippen LogP contribution in [0.4, 0.5) is 5.13 Å². The molecule has 0 radical (unpaired) electrons. The van der Waals surface area contributed by atoms with E-state index in [4.69, 9.17) is 22.1 Å². The molecule has 0 aromatic carbocycles. The first-order valence-corrected chi connectivity index (χ1v) is 6.74. The molecule has 2 N–H and O–H groups in total. The van der Waals surface area contributed by atoms with E-state index < -0.39 is 0 Å². The third-order valence-electron chi connectivity index (χ3n) is 2.22. The van der Waals surface area contributed by atoms with Gasteiger partial charge in [-0.15, -0.1) is 0 Å². The Balaban J connectivity index is 2.21. The van der Waals surface area contributed by atoms with Gasteiger partial charge in [-0.1, -0.05) is 24.9 Å². The van der Waals surface area contributed by atoms with E-state index in [1.807, 2.05) is 0 Å². The Hall–Kier alpha value is -1.40. The van der Waals surface area contributed by atoms with E-state index in [0.717, 1.165) is 24.4 Å². The molecule has 0 spiro atoms. The number of pyridine rings is 1.